The Hall–Kier alpha value is -2.84. The van der Waals surface area contributed by atoms with Crippen LogP contribution in [-0.4, -0.2) is 24.7 Å². The molecule has 0 aliphatic rings. The van der Waals surface area contributed by atoms with Gasteiger partial charge in [-0.05, 0) is 44.2 Å². The van der Waals surface area contributed by atoms with Crippen molar-refractivity contribution < 1.29 is 0 Å². The van der Waals surface area contributed by atoms with Crippen LogP contribution in [-0.2, 0) is 5.75 Å². The van der Waals surface area contributed by atoms with Gasteiger partial charge in [-0.2, -0.15) is 4.68 Å². The molecule has 2 N–H and O–H groups in total. The van der Waals surface area contributed by atoms with Crippen molar-refractivity contribution in [3.05, 3.63) is 79.1 Å². The Kier molecular flexibility index (Phi) is 4.82. The number of H-pyrrole nitrogens is 2. The summed E-state index contributed by atoms with van der Waals surface area (Å²) in [6, 6.07) is 10.7. The lowest BCUT2D eigenvalue weighted by Crippen LogP contribution is -2.20. The minimum absolute atomic E-state index is 0.0583. The summed E-state index contributed by atoms with van der Waals surface area (Å²) in [5, 5.41) is 3.65. The Morgan fingerprint density at radius 1 is 1.07 bits per heavy atom. The van der Waals surface area contributed by atoms with E-state index < -0.39 is 5.56 Å². The smallest absolute Gasteiger partial charge is 0.287 e. The standard InChI is InChI=1S/C19H16ClN5O2S/c1-10-7-11(2)22-19(21-10)25-18(27)16-15(26)8-13(23-17(16)24-25)9-28-14-5-3-12(20)4-6-14/h3-8H,9H2,1-2H3,(H2,23,24,26). The number of aryl methyl sites for hydroxylation is 2. The molecule has 4 rings (SSSR count). The fourth-order valence-corrected chi connectivity index (χ4v) is 3.83. The molecule has 0 radical (unpaired) electrons. The fourth-order valence-electron chi connectivity index (χ4n) is 2.90. The third kappa shape index (κ3) is 3.61. The number of aromatic amines is 2. The van der Waals surface area contributed by atoms with Gasteiger partial charge in [0.25, 0.3) is 11.5 Å². The van der Waals surface area contributed by atoms with Gasteiger partial charge in [0, 0.05) is 38.8 Å². The second-order valence-electron chi connectivity index (χ2n) is 6.35. The molecule has 0 amide bonds. The first-order chi connectivity index (χ1) is 13.4. The lowest BCUT2D eigenvalue weighted by atomic mass is 10.3. The highest BCUT2D eigenvalue weighted by Gasteiger charge is 2.15. The first-order valence-electron chi connectivity index (χ1n) is 8.48. The Balaban J connectivity index is 1.71. The number of nitrogens with one attached hydrogen (secondary N) is 2. The monoisotopic (exact) mass is 413 g/mol. The molecule has 0 atom stereocenters. The van der Waals surface area contributed by atoms with E-state index in [4.69, 9.17) is 11.6 Å². The lowest BCUT2D eigenvalue weighted by Gasteiger charge is -2.03. The van der Waals surface area contributed by atoms with Crippen molar-refractivity contribution in [2.45, 2.75) is 24.5 Å². The number of benzene rings is 1. The third-order valence-electron chi connectivity index (χ3n) is 4.11. The molecule has 9 heteroatoms. The molecule has 142 valence electrons. The minimum Gasteiger partial charge on any atom is -0.343 e. The summed E-state index contributed by atoms with van der Waals surface area (Å²) < 4.78 is 1.19. The van der Waals surface area contributed by atoms with Gasteiger partial charge in [-0.15, -0.1) is 11.8 Å². The van der Waals surface area contributed by atoms with Gasteiger partial charge in [0.05, 0.1) is 0 Å². The van der Waals surface area contributed by atoms with Gasteiger partial charge in [-0.1, -0.05) is 11.6 Å². The first-order valence-corrected chi connectivity index (χ1v) is 9.85. The maximum absolute atomic E-state index is 12.7. The van der Waals surface area contributed by atoms with Crippen molar-refractivity contribution in [2.24, 2.45) is 0 Å². The van der Waals surface area contributed by atoms with Crippen LogP contribution in [0.4, 0.5) is 0 Å². The number of nitrogens with zero attached hydrogens (tertiary/aromatic N) is 3. The molecule has 0 spiro atoms. The zero-order valence-corrected chi connectivity index (χ0v) is 16.7. The van der Waals surface area contributed by atoms with Gasteiger partial charge in [0.1, 0.15) is 11.0 Å². The molecular formula is C19H16ClN5O2S. The molecule has 0 saturated carbocycles. The van der Waals surface area contributed by atoms with Crippen molar-refractivity contribution >= 4 is 34.4 Å². The molecule has 3 heterocycles. The lowest BCUT2D eigenvalue weighted by molar-refractivity contribution is 0.777. The van der Waals surface area contributed by atoms with E-state index in [0.29, 0.717) is 22.1 Å². The van der Waals surface area contributed by atoms with Crippen molar-refractivity contribution in [2.75, 3.05) is 0 Å². The number of hydrogen-bond donors (Lipinski definition) is 2. The van der Waals surface area contributed by atoms with Crippen LogP contribution in [0.3, 0.4) is 0 Å². The van der Waals surface area contributed by atoms with Gasteiger partial charge in [-0.25, -0.2) is 9.97 Å². The first kappa shape index (κ1) is 18.5. The molecule has 0 aliphatic carbocycles. The largest absolute Gasteiger partial charge is 0.343 e. The van der Waals surface area contributed by atoms with Crippen LogP contribution in [0.15, 0.2) is 50.9 Å². The Labute approximate surface area is 168 Å². The number of aromatic nitrogens is 5. The minimum atomic E-state index is -0.474. The van der Waals surface area contributed by atoms with Crippen molar-refractivity contribution in [3.63, 3.8) is 0 Å². The van der Waals surface area contributed by atoms with E-state index in [1.54, 1.807) is 11.8 Å². The third-order valence-corrected chi connectivity index (χ3v) is 5.42. The van der Waals surface area contributed by atoms with E-state index in [0.717, 1.165) is 16.3 Å². The molecular weight excluding hydrogens is 398 g/mol. The van der Waals surface area contributed by atoms with Crippen molar-refractivity contribution in [1.29, 1.82) is 0 Å². The summed E-state index contributed by atoms with van der Waals surface area (Å²) in [6.07, 6.45) is 0. The fraction of sp³-hybridized carbons (Fsp3) is 0.158. The van der Waals surface area contributed by atoms with Gasteiger partial charge in [0.15, 0.2) is 5.43 Å². The Bertz CT molecular complexity index is 1270. The summed E-state index contributed by atoms with van der Waals surface area (Å²) in [4.78, 5) is 38.0. The molecule has 0 saturated heterocycles. The molecule has 0 aliphatic heterocycles. The number of fused-ring (bicyclic) bond motifs is 1. The van der Waals surface area contributed by atoms with E-state index in [-0.39, 0.29) is 16.8 Å². The number of pyridine rings is 1. The van der Waals surface area contributed by atoms with E-state index in [1.165, 1.54) is 10.7 Å². The second kappa shape index (κ2) is 7.29. The average Bonchev–Trinajstić information content (AvgIpc) is 2.97. The van der Waals surface area contributed by atoms with Crippen LogP contribution in [0.5, 0.6) is 0 Å². The molecule has 3 aromatic heterocycles. The number of thioether (sulfide) groups is 1. The Morgan fingerprint density at radius 2 is 1.75 bits per heavy atom. The molecule has 4 aromatic rings. The number of hydrogen-bond acceptors (Lipinski definition) is 5. The van der Waals surface area contributed by atoms with Crippen LogP contribution in [0.2, 0.25) is 5.02 Å². The average molecular weight is 414 g/mol. The molecule has 0 fully saturated rings. The van der Waals surface area contributed by atoms with Crippen LogP contribution in [0.1, 0.15) is 17.1 Å². The summed E-state index contributed by atoms with van der Waals surface area (Å²) in [5.41, 5.74) is 1.71. The summed E-state index contributed by atoms with van der Waals surface area (Å²) in [5.74, 6) is 0.753. The number of halogens is 1. The second-order valence-corrected chi connectivity index (χ2v) is 7.84. The summed E-state index contributed by atoms with van der Waals surface area (Å²) >= 11 is 7.46. The quantitative estimate of drug-likeness (QED) is 0.500. The normalized spacial score (nSPS) is 11.2. The SMILES string of the molecule is Cc1cc(C)nc(-n2[nH]c3[nH]c(CSc4ccc(Cl)cc4)cc(=O)c3c2=O)n1. The maximum Gasteiger partial charge on any atom is 0.287 e. The van der Waals surface area contributed by atoms with Crippen LogP contribution in [0.25, 0.3) is 17.0 Å². The zero-order chi connectivity index (χ0) is 19.8. The predicted octanol–water partition coefficient (Wildman–Crippen LogP) is 3.36. The highest BCUT2D eigenvalue weighted by Crippen LogP contribution is 2.23. The summed E-state index contributed by atoms with van der Waals surface area (Å²) in [6.45, 7) is 3.65. The predicted molar refractivity (Wildman–Crippen MR) is 111 cm³/mol. The maximum atomic E-state index is 12.7. The zero-order valence-electron chi connectivity index (χ0n) is 15.1. The van der Waals surface area contributed by atoms with Crippen molar-refractivity contribution in [1.82, 2.24) is 24.7 Å². The molecule has 28 heavy (non-hydrogen) atoms. The highest BCUT2D eigenvalue weighted by atomic mass is 35.5. The highest BCUT2D eigenvalue weighted by molar-refractivity contribution is 7.98. The van der Waals surface area contributed by atoms with Gasteiger partial charge in [0.2, 0.25) is 0 Å². The van der Waals surface area contributed by atoms with E-state index in [2.05, 4.69) is 20.1 Å². The van der Waals surface area contributed by atoms with Crippen LogP contribution < -0.4 is 11.0 Å². The summed E-state index contributed by atoms with van der Waals surface area (Å²) in [7, 11) is 0. The molecule has 0 unspecified atom stereocenters. The number of rotatable bonds is 4. The molecule has 0 bridgehead atoms. The Morgan fingerprint density at radius 3 is 2.43 bits per heavy atom. The van der Waals surface area contributed by atoms with E-state index >= 15 is 0 Å². The molecule has 7 nitrogen and oxygen atoms in total. The van der Waals surface area contributed by atoms with Crippen molar-refractivity contribution in [3.8, 4) is 5.95 Å². The van der Waals surface area contributed by atoms with Gasteiger partial charge >= 0.3 is 0 Å². The van der Waals surface area contributed by atoms with Crippen LogP contribution in [0, 0.1) is 13.8 Å². The van der Waals surface area contributed by atoms with E-state index in [1.807, 2.05) is 44.2 Å². The van der Waals surface area contributed by atoms with Gasteiger partial charge < -0.3 is 4.98 Å². The van der Waals surface area contributed by atoms with Gasteiger partial charge in [-0.3, -0.25) is 14.7 Å². The van der Waals surface area contributed by atoms with Crippen LogP contribution >= 0.6 is 23.4 Å². The topological polar surface area (TPSA) is 96.4 Å². The van der Waals surface area contributed by atoms with E-state index in [9.17, 15) is 9.59 Å². The molecule has 1 aromatic carbocycles.